The Morgan fingerprint density at radius 3 is 2.32 bits per heavy atom. The zero-order chi connectivity index (χ0) is 14.3. The maximum absolute atomic E-state index is 3.62. The molecule has 108 valence electrons. The molecule has 0 aliphatic rings. The van der Waals surface area contributed by atoms with Gasteiger partial charge in [-0.15, -0.1) is 11.8 Å². The van der Waals surface area contributed by atoms with Crippen LogP contribution in [0.5, 0.6) is 0 Å². The average molecular weight is 279 g/mol. The van der Waals surface area contributed by atoms with Crippen molar-refractivity contribution in [1.29, 1.82) is 0 Å². The van der Waals surface area contributed by atoms with E-state index in [1.165, 1.54) is 23.3 Å². The van der Waals surface area contributed by atoms with Crippen molar-refractivity contribution in [2.45, 2.75) is 58.4 Å². The molecule has 0 saturated heterocycles. The highest BCUT2D eigenvalue weighted by atomic mass is 32.2. The summed E-state index contributed by atoms with van der Waals surface area (Å²) < 4.78 is 0. The molecule has 1 rings (SSSR count). The Hall–Kier alpha value is -0.470. The Balaban J connectivity index is 2.42. The summed E-state index contributed by atoms with van der Waals surface area (Å²) in [6.07, 6.45) is 2.54. The van der Waals surface area contributed by atoms with E-state index in [4.69, 9.17) is 0 Å². The molecular weight excluding hydrogens is 250 g/mol. The minimum absolute atomic E-state index is 0.433. The van der Waals surface area contributed by atoms with Gasteiger partial charge in [-0.2, -0.15) is 0 Å². The summed E-state index contributed by atoms with van der Waals surface area (Å²) >= 11 is 1.97. The molecule has 1 N–H and O–H groups in total. The summed E-state index contributed by atoms with van der Waals surface area (Å²) in [5.74, 6) is 1.16. The molecule has 1 nitrogen and oxygen atoms in total. The number of aryl methyl sites for hydroxylation is 1. The zero-order valence-corrected chi connectivity index (χ0v) is 13.9. The van der Waals surface area contributed by atoms with Gasteiger partial charge in [-0.05, 0) is 43.9 Å². The predicted octanol–water partition coefficient (Wildman–Crippen LogP) is 4.89. The van der Waals surface area contributed by atoms with Crippen LogP contribution >= 0.6 is 11.8 Å². The molecule has 1 atom stereocenters. The van der Waals surface area contributed by atoms with Crippen molar-refractivity contribution in [2.24, 2.45) is 5.41 Å². The maximum Gasteiger partial charge on any atom is 0.0161 e. The molecule has 0 saturated carbocycles. The number of benzene rings is 1. The molecule has 0 amide bonds. The van der Waals surface area contributed by atoms with Gasteiger partial charge in [0.05, 0.1) is 0 Å². The van der Waals surface area contributed by atoms with Crippen LogP contribution in [0.4, 0.5) is 0 Å². The summed E-state index contributed by atoms with van der Waals surface area (Å²) in [6.45, 7) is 12.4. The Bertz CT molecular complexity index is 351. The van der Waals surface area contributed by atoms with Crippen molar-refractivity contribution < 1.29 is 0 Å². The lowest BCUT2D eigenvalue weighted by Gasteiger charge is -2.23. The van der Waals surface area contributed by atoms with Gasteiger partial charge in [0.2, 0.25) is 0 Å². The minimum Gasteiger partial charge on any atom is -0.313 e. The SMILES string of the molecule is CCNC(CCC(C)(C)C)CSc1ccc(C)cc1. The summed E-state index contributed by atoms with van der Waals surface area (Å²) in [5, 5.41) is 3.62. The van der Waals surface area contributed by atoms with Crippen LogP contribution in [-0.4, -0.2) is 18.3 Å². The highest BCUT2D eigenvalue weighted by Gasteiger charge is 2.14. The van der Waals surface area contributed by atoms with Gasteiger partial charge in [0.15, 0.2) is 0 Å². The lowest BCUT2D eigenvalue weighted by molar-refractivity contribution is 0.340. The molecule has 0 spiro atoms. The molecule has 19 heavy (non-hydrogen) atoms. The third-order valence-electron chi connectivity index (χ3n) is 3.21. The van der Waals surface area contributed by atoms with E-state index in [1.807, 2.05) is 11.8 Å². The highest BCUT2D eigenvalue weighted by Crippen LogP contribution is 2.25. The summed E-state index contributed by atoms with van der Waals surface area (Å²) in [4.78, 5) is 1.38. The summed E-state index contributed by atoms with van der Waals surface area (Å²) in [6, 6.07) is 9.47. The molecule has 0 radical (unpaired) electrons. The first-order valence-electron chi connectivity index (χ1n) is 7.33. The first kappa shape index (κ1) is 16.6. The Morgan fingerprint density at radius 1 is 1.16 bits per heavy atom. The molecule has 2 heteroatoms. The first-order chi connectivity index (χ1) is 8.90. The number of thioether (sulfide) groups is 1. The van der Waals surface area contributed by atoms with Gasteiger partial charge in [-0.1, -0.05) is 45.4 Å². The van der Waals surface area contributed by atoms with Crippen LogP contribution in [-0.2, 0) is 0 Å². The summed E-state index contributed by atoms with van der Waals surface area (Å²) in [5.41, 5.74) is 1.77. The third-order valence-corrected chi connectivity index (χ3v) is 4.38. The van der Waals surface area contributed by atoms with Crippen LogP contribution in [0, 0.1) is 12.3 Å². The molecule has 0 aliphatic heterocycles. The van der Waals surface area contributed by atoms with Crippen molar-refractivity contribution >= 4 is 11.8 Å². The van der Waals surface area contributed by atoms with Crippen molar-refractivity contribution in [2.75, 3.05) is 12.3 Å². The quantitative estimate of drug-likeness (QED) is 0.713. The third kappa shape index (κ3) is 7.64. The first-order valence-corrected chi connectivity index (χ1v) is 8.32. The van der Waals surface area contributed by atoms with Gasteiger partial charge in [-0.25, -0.2) is 0 Å². The normalized spacial score (nSPS) is 13.5. The van der Waals surface area contributed by atoms with Crippen molar-refractivity contribution in [3.05, 3.63) is 29.8 Å². The van der Waals surface area contributed by atoms with Crippen molar-refractivity contribution in [3.8, 4) is 0 Å². The van der Waals surface area contributed by atoms with E-state index >= 15 is 0 Å². The highest BCUT2D eigenvalue weighted by molar-refractivity contribution is 7.99. The van der Waals surface area contributed by atoms with E-state index < -0.39 is 0 Å². The lowest BCUT2D eigenvalue weighted by Crippen LogP contribution is -2.32. The fourth-order valence-electron chi connectivity index (χ4n) is 1.97. The number of nitrogens with one attached hydrogen (secondary N) is 1. The largest absolute Gasteiger partial charge is 0.313 e. The monoisotopic (exact) mass is 279 g/mol. The zero-order valence-electron chi connectivity index (χ0n) is 13.1. The van der Waals surface area contributed by atoms with Crippen LogP contribution in [0.15, 0.2) is 29.2 Å². The molecule has 1 aromatic rings. The van der Waals surface area contributed by atoms with E-state index in [-0.39, 0.29) is 0 Å². The second-order valence-electron chi connectivity index (χ2n) is 6.48. The maximum atomic E-state index is 3.62. The molecule has 0 fully saturated rings. The standard InChI is InChI=1S/C17H29NS/c1-6-18-15(11-12-17(3,4)5)13-19-16-9-7-14(2)8-10-16/h7-10,15,18H,6,11-13H2,1-5H3. The van der Waals surface area contributed by atoms with E-state index in [2.05, 4.69) is 64.2 Å². The Morgan fingerprint density at radius 2 is 1.79 bits per heavy atom. The smallest absolute Gasteiger partial charge is 0.0161 e. The minimum atomic E-state index is 0.433. The van der Waals surface area contributed by atoms with Crippen LogP contribution < -0.4 is 5.32 Å². The lowest BCUT2D eigenvalue weighted by atomic mass is 9.89. The van der Waals surface area contributed by atoms with E-state index in [0.717, 1.165) is 12.3 Å². The molecule has 0 bridgehead atoms. The van der Waals surface area contributed by atoms with E-state index in [9.17, 15) is 0 Å². The van der Waals surface area contributed by atoms with Gasteiger partial charge < -0.3 is 5.32 Å². The number of rotatable bonds is 7. The van der Waals surface area contributed by atoms with Gasteiger partial charge in [0, 0.05) is 16.7 Å². The number of hydrogen-bond acceptors (Lipinski definition) is 2. The molecule has 0 aliphatic carbocycles. The molecule has 1 aromatic carbocycles. The van der Waals surface area contributed by atoms with Crippen LogP contribution in [0.25, 0.3) is 0 Å². The average Bonchev–Trinajstić information content (AvgIpc) is 2.34. The number of hydrogen-bond donors (Lipinski definition) is 1. The fourth-order valence-corrected chi connectivity index (χ4v) is 2.98. The van der Waals surface area contributed by atoms with Crippen molar-refractivity contribution in [1.82, 2.24) is 5.32 Å². The van der Waals surface area contributed by atoms with Gasteiger partial charge in [0.25, 0.3) is 0 Å². The fraction of sp³-hybridized carbons (Fsp3) is 0.647. The molecular formula is C17H29NS. The topological polar surface area (TPSA) is 12.0 Å². The van der Waals surface area contributed by atoms with Gasteiger partial charge >= 0.3 is 0 Å². The van der Waals surface area contributed by atoms with Gasteiger partial charge in [-0.3, -0.25) is 0 Å². The molecule has 0 aromatic heterocycles. The van der Waals surface area contributed by atoms with E-state index in [0.29, 0.717) is 11.5 Å². The van der Waals surface area contributed by atoms with Crippen LogP contribution in [0.2, 0.25) is 0 Å². The molecule has 1 unspecified atom stereocenters. The second kappa shape index (κ2) is 7.96. The Labute approximate surface area is 123 Å². The predicted molar refractivity (Wildman–Crippen MR) is 88.1 cm³/mol. The van der Waals surface area contributed by atoms with E-state index in [1.54, 1.807) is 0 Å². The second-order valence-corrected chi connectivity index (χ2v) is 7.57. The van der Waals surface area contributed by atoms with Crippen molar-refractivity contribution in [3.63, 3.8) is 0 Å². The van der Waals surface area contributed by atoms with Gasteiger partial charge in [0.1, 0.15) is 0 Å². The van der Waals surface area contributed by atoms with Crippen LogP contribution in [0.1, 0.15) is 46.1 Å². The Kier molecular flexibility index (Phi) is 6.95. The summed E-state index contributed by atoms with van der Waals surface area (Å²) in [7, 11) is 0. The van der Waals surface area contributed by atoms with Crippen LogP contribution in [0.3, 0.4) is 0 Å². The molecule has 0 heterocycles.